The van der Waals surface area contributed by atoms with Gasteiger partial charge in [0.25, 0.3) is 0 Å². The largest absolute Gasteiger partial charge is 0.485 e. The molecule has 2 unspecified atom stereocenters. The second-order valence-electron chi connectivity index (χ2n) is 6.90. The number of likely N-dealkylation sites (N-methyl/N-ethyl adjacent to an activating group) is 2. The third-order valence-electron chi connectivity index (χ3n) is 4.78. The van der Waals surface area contributed by atoms with Crippen LogP contribution in [0.2, 0.25) is 0 Å². The van der Waals surface area contributed by atoms with Crippen molar-refractivity contribution in [1.82, 2.24) is 9.80 Å². The molecule has 126 valence electrons. The number of rotatable bonds is 2. The minimum atomic E-state index is -0.814. The van der Waals surface area contributed by atoms with Crippen LogP contribution in [0.1, 0.15) is 31.0 Å². The smallest absolute Gasteiger partial charge is 0.248 e. The first-order chi connectivity index (χ1) is 11.2. The maximum absolute atomic E-state index is 11.8. The van der Waals surface area contributed by atoms with Gasteiger partial charge < -0.3 is 19.6 Å². The van der Waals surface area contributed by atoms with Gasteiger partial charge in [0, 0.05) is 31.4 Å². The van der Waals surface area contributed by atoms with Gasteiger partial charge in [-0.05, 0) is 32.0 Å². The molecule has 2 aliphatic heterocycles. The molecule has 2 atom stereocenters. The van der Waals surface area contributed by atoms with Crippen molar-refractivity contribution in [3.63, 3.8) is 0 Å². The van der Waals surface area contributed by atoms with Crippen LogP contribution in [-0.4, -0.2) is 53.2 Å². The van der Waals surface area contributed by atoms with E-state index in [4.69, 9.17) is 4.74 Å². The number of benzene rings is 1. The second kappa shape index (κ2) is 5.53. The van der Waals surface area contributed by atoms with E-state index in [-0.39, 0.29) is 5.91 Å². The molecule has 1 aromatic rings. The van der Waals surface area contributed by atoms with E-state index >= 15 is 0 Å². The highest BCUT2D eigenvalue weighted by molar-refractivity contribution is 5.90. The molecule has 6 nitrogen and oxygen atoms in total. The molecule has 6 heteroatoms. The highest BCUT2D eigenvalue weighted by Gasteiger charge is 2.45. The summed E-state index contributed by atoms with van der Waals surface area (Å²) in [5, 5.41) is 20.1. The van der Waals surface area contributed by atoms with E-state index in [9.17, 15) is 15.2 Å². The molecule has 1 amide bonds. The molecule has 2 aliphatic rings. The van der Waals surface area contributed by atoms with E-state index in [0.717, 1.165) is 11.3 Å². The van der Waals surface area contributed by atoms with E-state index in [0.29, 0.717) is 17.9 Å². The minimum absolute atomic E-state index is 0.0522. The summed E-state index contributed by atoms with van der Waals surface area (Å²) in [5.74, 6) is 0.600. The van der Waals surface area contributed by atoms with Crippen molar-refractivity contribution in [1.29, 1.82) is 5.26 Å². The Balaban J connectivity index is 2.07. The maximum Gasteiger partial charge on any atom is 0.248 e. The van der Waals surface area contributed by atoms with Crippen LogP contribution >= 0.6 is 0 Å². The molecular weight excluding hydrogens is 306 g/mol. The van der Waals surface area contributed by atoms with Crippen molar-refractivity contribution in [2.24, 2.45) is 0 Å². The molecule has 24 heavy (non-hydrogen) atoms. The number of carbonyl (C=O) groups is 1. The van der Waals surface area contributed by atoms with E-state index in [2.05, 4.69) is 6.07 Å². The molecule has 0 spiro atoms. The summed E-state index contributed by atoms with van der Waals surface area (Å²) in [7, 11) is 3.60. The van der Waals surface area contributed by atoms with Gasteiger partial charge in [0.1, 0.15) is 17.5 Å². The topological polar surface area (TPSA) is 76.8 Å². The van der Waals surface area contributed by atoms with E-state index in [1.165, 1.54) is 0 Å². The van der Waals surface area contributed by atoms with Gasteiger partial charge in [-0.1, -0.05) is 0 Å². The van der Waals surface area contributed by atoms with Gasteiger partial charge in [-0.25, -0.2) is 0 Å². The van der Waals surface area contributed by atoms with Gasteiger partial charge in [0.05, 0.1) is 24.2 Å². The molecule has 3 rings (SSSR count). The molecule has 0 fully saturated rings. The van der Waals surface area contributed by atoms with E-state index in [1.54, 1.807) is 36.2 Å². The average Bonchev–Trinajstić information content (AvgIpc) is 2.87. The van der Waals surface area contributed by atoms with Gasteiger partial charge in [-0.3, -0.25) is 4.79 Å². The summed E-state index contributed by atoms with van der Waals surface area (Å²) in [6.45, 7) is 4.16. The summed E-state index contributed by atoms with van der Waals surface area (Å²) in [6.07, 6.45) is 0.772. The number of nitriles is 1. The first-order valence-electron chi connectivity index (χ1n) is 7.84. The van der Waals surface area contributed by atoms with Crippen LogP contribution in [0.5, 0.6) is 5.75 Å². The monoisotopic (exact) mass is 327 g/mol. The SMILES string of the molecule is CN1CC(N(C)C2c3cc(C#N)ccc3OC(C)(C)C2O)=CC1=O. The summed E-state index contributed by atoms with van der Waals surface area (Å²) in [5.41, 5.74) is 1.31. The first kappa shape index (κ1) is 16.3. The quantitative estimate of drug-likeness (QED) is 0.889. The molecule has 0 saturated carbocycles. The number of nitrogens with zero attached hydrogens (tertiary/aromatic N) is 3. The number of aliphatic hydroxyl groups excluding tert-OH is 1. The van der Waals surface area contributed by atoms with Crippen LogP contribution in [0, 0.1) is 11.3 Å². The zero-order valence-corrected chi connectivity index (χ0v) is 14.3. The normalized spacial score (nSPS) is 24.8. The molecule has 0 aromatic heterocycles. The predicted octanol–water partition coefficient (Wildman–Crippen LogP) is 1.42. The standard InChI is InChI=1S/C18H21N3O3/c1-18(2)17(23)16(21(4)12-8-15(22)20(3)10-12)13-7-11(9-19)5-6-14(13)24-18/h5-8,16-17,23H,10H2,1-4H3. The Hall–Kier alpha value is -2.52. The zero-order chi connectivity index (χ0) is 17.6. The van der Waals surface area contributed by atoms with Crippen LogP contribution in [0.3, 0.4) is 0 Å². The molecule has 1 aromatic carbocycles. The lowest BCUT2D eigenvalue weighted by Gasteiger charge is -2.46. The Bertz CT molecular complexity index is 763. The summed E-state index contributed by atoms with van der Waals surface area (Å²) >= 11 is 0. The summed E-state index contributed by atoms with van der Waals surface area (Å²) in [6, 6.07) is 6.94. The van der Waals surface area contributed by atoms with E-state index in [1.807, 2.05) is 25.8 Å². The lowest BCUT2D eigenvalue weighted by molar-refractivity contribution is -0.123. The number of hydrogen-bond donors (Lipinski definition) is 1. The zero-order valence-electron chi connectivity index (χ0n) is 14.3. The molecule has 2 heterocycles. The predicted molar refractivity (Wildman–Crippen MR) is 88.1 cm³/mol. The molecular formula is C18H21N3O3. The number of aliphatic hydroxyl groups is 1. The lowest BCUT2D eigenvalue weighted by atomic mass is 9.85. The summed E-state index contributed by atoms with van der Waals surface area (Å²) in [4.78, 5) is 15.4. The highest BCUT2D eigenvalue weighted by atomic mass is 16.5. The van der Waals surface area contributed by atoms with Gasteiger partial charge in [0.15, 0.2) is 0 Å². The highest BCUT2D eigenvalue weighted by Crippen LogP contribution is 2.44. The van der Waals surface area contributed by atoms with Crippen molar-refractivity contribution in [2.75, 3.05) is 20.6 Å². The number of carbonyl (C=O) groups excluding carboxylic acids is 1. The van der Waals surface area contributed by atoms with Crippen molar-refractivity contribution >= 4 is 5.91 Å². The number of fused-ring (bicyclic) bond motifs is 1. The minimum Gasteiger partial charge on any atom is -0.485 e. The Morgan fingerprint density at radius 2 is 2.17 bits per heavy atom. The first-order valence-corrected chi connectivity index (χ1v) is 7.84. The van der Waals surface area contributed by atoms with Crippen LogP contribution in [0.4, 0.5) is 0 Å². The second-order valence-corrected chi connectivity index (χ2v) is 6.90. The van der Waals surface area contributed by atoms with Crippen molar-refractivity contribution in [2.45, 2.75) is 31.6 Å². The van der Waals surface area contributed by atoms with Crippen LogP contribution in [-0.2, 0) is 4.79 Å². The third-order valence-corrected chi connectivity index (χ3v) is 4.78. The Kier molecular flexibility index (Phi) is 3.77. The van der Waals surface area contributed by atoms with Crippen LogP contribution in [0.25, 0.3) is 0 Å². The number of hydrogen-bond acceptors (Lipinski definition) is 5. The van der Waals surface area contributed by atoms with Gasteiger partial charge in [0.2, 0.25) is 5.91 Å². The van der Waals surface area contributed by atoms with Crippen LogP contribution in [0.15, 0.2) is 30.0 Å². The number of ether oxygens (including phenoxy) is 1. The number of amides is 1. The summed E-state index contributed by atoms with van der Waals surface area (Å²) < 4.78 is 5.93. The van der Waals surface area contributed by atoms with Crippen molar-refractivity contribution < 1.29 is 14.6 Å². The van der Waals surface area contributed by atoms with E-state index < -0.39 is 17.7 Å². The molecule has 0 radical (unpaired) electrons. The molecule has 1 N–H and O–H groups in total. The Morgan fingerprint density at radius 1 is 1.46 bits per heavy atom. The lowest BCUT2D eigenvalue weighted by Crippen LogP contribution is -2.52. The van der Waals surface area contributed by atoms with Crippen molar-refractivity contribution in [3.8, 4) is 11.8 Å². The fraction of sp³-hybridized carbons (Fsp3) is 0.444. The Morgan fingerprint density at radius 3 is 2.75 bits per heavy atom. The van der Waals surface area contributed by atoms with Gasteiger partial charge >= 0.3 is 0 Å². The maximum atomic E-state index is 11.8. The third kappa shape index (κ3) is 2.51. The van der Waals surface area contributed by atoms with Crippen molar-refractivity contribution in [3.05, 3.63) is 41.1 Å². The average molecular weight is 327 g/mol. The van der Waals surface area contributed by atoms with Gasteiger partial charge in [-0.2, -0.15) is 5.26 Å². The molecule has 0 aliphatic carbocycles. The van der Waals surface area contributed by atoms with Gasteiger partial charge in [-0.15, -0.1) is 0 Å². The molecule has 0 saturated heterocycles. The molecule has 0 bridgehead atoms. The fourth-order valence-corrected chi connectivity index (χ4v) is 3.27. The van der Waals surface area contributed by atoms with Crippen LogP contribution < -0.4 is 4.74 Å². The fourth-order valence-electron chi connectivity index (χ4n) is 3.27. The Labute approximate surface area is 141 Å².